The second-order valence-corrected chi connectivity index (χ2v) is 3.93. The molecule has 0 radical (unpaired) electrons. The van der Waals surface area contributed by atoms with E-state index in [0.717, 1.165) is 26.1 Å². The predicted octanol–water partition coefficient (Wildman–Crippen LogP) is 3.29. The summed E-state index contributed by atoms with van der Waals surface area (Å²) in [6.45, 7) is 10.5. The highest BCUT2D eigenvalue weighted by Crippen LogP contribution is 2.03. The molecule has 1 heteroatoms. The van der Waals surface area contributed by atoms with Crippen molar-refractivity contribution in [3.63, 3.8) is 0 Å². The van der Waals surface area contributed by atoms with Crippen molar-refractivity contribution in [1.82, 2.24) is 4.90 Å². The lowest BCUT2D eigenvalue weighted by molar-refractivity contribution is 0.330. The van der Waals surface area contributed by atoms with E-state index in [-0.39, 0.29) is 0 Å². The van der Waals surface area contributed by atoms with Crippen LogP contribution in [0, 0.1) is 0 Å². The lowest BCUT2D eigenvalue weighted by Gasteiger charge is -2.18. The number of nitrogens with zero attached hydrogens (tertiary/aromatic N) is 1. The molecule has 1 nitrogen and oxygen atoms in total. The summed E-state index contributed by atoms with van der Waals surface area (Å²) >= 11 is 0. The van der Waals surface area contributed by atoms with Gasteiger partial charge in [-0.25, -0.2) is 0 Å². The van der Waals surface area contributed by atoms with Crippen molar-refractivity contribution in [3.8, 4) is 0 Å². The third-order valence-electron chi connectivity index (χ3n) is 2.56. The minimum absolute atomic E-state index is 0.945. The molecule has 0 bridgehead atoms. The van der Waals surface area contributed by atoms with Gasteiger partial charge in [0.15, 0.2) is 0 Å². The Balaban J connectivity index is 2.27. The zero-order valence-electron chi connectivity index (χ0n) is 9.94. The molecule has 16 heavy (non-hydrogen) atoms. The fraction of sp³-hybridized carbons (Fsp3) is 0.333. The van der Waals surface area contributed by atoms with E-state index in [2.05, 4.69) is 48.4 Å². The summed E-state index contributed by atoms with van der Waals surface area (Å²) in [4.78, 5) is 2.35. The van der Waals surface area contributed by atoms with Crippen LogP contribution in [-0.2, 0) is 6.42 Å². The molecule has 1 aromatic rings. The van der Waals surface area contributed by atoms with Gasteiger partial charge in [-0.1, -0.05) is 42.5 Å². The summed E-state index contributed by atoms with van der Waals surface area (Å²) in [5.74, 6) is 0. The average molecular weight is 215 g/mol. The van der Waals surface area contributed by atoms with Gasteiger partial charge in [0, 0.05) is 13.1 Å². The second kappa shape index (κ2) is 7.89. The van der Waals surface area contributed by atoms with Gasteiger partial charge in [-0.2, -0.15) is 0 Å². The summed E-state index contributed by atoms with van der Waals surface area (Å²) in [7, 11) is 0. The van der Waals surface area contributed by atoms with Crippen LogP contribution >= 0.6 is 0 Å². The maximum atomic E-state index is 3.77. The summed E-state index contributed by atoms with van der Waals surface area (Å²) < 4.78 is 0. The number of hydrogen-bond acceptors (Lipinski definition) is 1. The molecule has 0 aliphatic rings. The van der Waals surface area contributed by atoms with Crippen LogP contribution in [0.5, 0.6) is 0 Å². The van der Waals surface area contributed by atoms with Gasteiger partial charge in [-0.3, -0.25) is 4.90 Å². The van der Waals surface area contributed by atoms with Crippen LogP contribution in [0.15, 0.2) is 55.6 Å². The molecule has 0 unspecified atom stereocenters. The predicted molar refractivity (Wildman–Crippen MR) is 71.6 cm³/mol. The van der Waals surface area contributed by atoms with Gasteiger partial charge < -0.3 is 0 Å². The van der Waals surface area contributed by atoms with Crippen LogP contribution < -0.4 is 0 Å². The van der Waals surface area contributed by atoms with Gasteiger partial charge in [0.1, 0.15) is 0 Å². The first-order valence-corrected chi connectivity index (χ1v) is 5.85. The SMILES string of the molecule is C=CCN(CC=C)CCCc1ccccc1. The standard InChI is InChI=1S/C15H21N/c1-3-12-16(13-4-2)14-8-11-15-9-6-5-7-10-15/h3-7,9-10H,1-2,8,11-14H2. The van der Waals surface area contributed by atoms with Gasteiger partial charge in [-0.15, -0.1) is 13.2 Å². The Labute approximate surface area is 99.1 Å². The smallest absolute Gasteiger partial charge is 0.0163 e. The minimum Gasteiger partial charge on any atom is -0.296 e. The highest BCUT2D eigenvalue weighted by Gasteiger charge is 2.00. The number of aryl methyl sites for hydroxylation is 1. The maximum absolute atomic E-state index is 3.77. The average Bonchev–Trinajstić information content (AvgIpc) is 2.31. The van der Waals surface area contributed by atoms with E-state index in [1.54, 1.807) is 0 Å². The summed E-state index contributed by atoms with van der Waals surface area (Å²) in [6.07, 6.45) is 6.23. The molecular formula is C15H21N. The van der Waals surface area contributed by atoms with E-state index in [1.807, 2.05) is 12.2 Å². The molecule has 0 aliphatic heterocycles. The van der Waals surface area contributed by atoms with Crippen LogP contribution in [0.3, 0.4) is 0 Å². The fourth-order valence-corrected chi connectivity index (χ4v) is 1.77. The molecule has 1 rings (SSSR count). The molecule has 86 valence electrons. The van der Waals surface area contributed by atoms with Crippen LogP contribution in [0.4, 0.5) is 0 Å². The molecule has 0 saturated heterocycles. The van der Waals surface area contributed by atoms with Gasteiger partial charge >= 0.3 is 0 Å². The Morgan fingerprint density at radius 2 is 1.62 bits per heavy atom. The van der Waals surface area contributed by atoms with Crippen molar-refractivity contribution >= 4 is 0 Å². The molecule has 0 N–H and O–H groups in total. The van der Waals surface area contributed by atoms with Crippen LogP contribution in [-0.4, -0.2) is 24.5 Å². The van der Waals surface area contributed by atoms with Gasteiger partial charge in [0.05, 0.1) is 0 Å². The van der Waals surface area contributed by atoms with Crippen molar-refractivity contribution in [2.75, 3.05) is 19.6 Å². The van der Waals surface area contributed by atoms with E-state index in [4.69, 9.17) is 0 Å². The topological polar surface area (TPSA) is 3.24 Å². The van der Waals surface area contributed by atoms with Gasteiger partial charge in [-0.05, 0) is 24.9 Å². The molecule has 0 spiro atoms. The molecule has 0 aliphatic carbocycles. The number of rotatable bonds is 8. The molecule has 0 saturated carbocycles. The lowest BCUT2D eigenvalue weighted by atomic mass is 10.1. The van der Waals surface area contributed by atoms with Crippen molar-refractivity contribution in [3.05, 3.63) is 61.2 Å². The minimum atomic E-state index is 0.945. The Bertz CT molecular complexity index is 292. The summed E-state index contributed by atoms with van der Waals surface area (Å²) in [5, 5.41) is 0. The van der Waals surface area contributed by atoms with Gasteiger partial charge in [0.2, 0.25) is 0 Å². The van der Waals surface area contributed by atoms with E-state index in [0.29, 0.717) is 0 Å². The summed E-state index contributed by atoms with van der Waals surface area (Å²) in [6, 6.07) is 10.6. The van der Waals surface area contributed by atoms with Crippen molar-refractivity contribution in [2.45, 2.75) is 12.8 Å². The van der Waals surface area contributed by atoms with E-state index in [9.17, 15) is 0 Å². The van der Waals surface area contributed by atoms with Crippen molar-refractivity contribution in [1.29, 1.82) is 0 Å². The van der Waals surface area contributed by atoms with E-state index in [1.165, 1.54) is 12.0 Å². The molecule has 1 aromatic carbocycles. The third kappa shape index (κ3) is 4.94. The Kier molecular flexibility index (Phi) is 6.28. The Morgan fingerprint density at radius 3 is 2.19 bits per heavy atom. The van der Waals surface area contributed by atoms with E-state index < -0.39 is 0 Å². The maximum Gasteiger partial charge on any atom is 0.0163 e. The number of benzene rings is 1. The molecular weight excluding hydrogens is 194 g/mol. The normalized spacial score (nSPS) is 10.3. The zero-order chi connectivity index (χ0) is 11.6. The van der Waals surface area contributed by atoms with Crippen LogP contribution in [0.25, 0.3) is 0 Å². The Morgan fingerprint density at radius 1 is 1.00 bits per heavy atom. The molecule has 0 aromatic heterocycles. The third-order valence-corrected chi connectivity index (χ3v) is 2.56. The molecule has 0 atom stereocenters. The zero-order valence-corrected chi connectivity index (χ0v) is 9.94. The first kappa shape index (κ1) is 12.7. The van der Waals surface area contributed by atoms with Gasteiger partial charge in [0.25, 0.3) is 0 Å². The highest BCUT2D eigenvalue weighted by atomic mass is 15.1. The highest BCUT2D eigenvalue weighted by molar-refractivity contribution is 5.14. The summed E-state index contributed by atoms with van der Waals surface area (Å²) in [5.41, 5.74) is 1.42. The van der Waals surface area contributed by atoms with E-state index >= 15 is 0 Å². The molecule has 0 amide bonds. The fourth-order valence-electron chi connectivity index (χ4n) is 1.77. The van der Waals surface area contributed by atoms with Crippen molar-refractivity contribution in [2.24, 2.45) is 0 Å². The monoisotopic (exact) mass is 215 g/mol. The van der Waals surface area contributed by atoms with Crippen molar-refractivity contribution < 1.29 is 0 Å². The second-order valence-electron chi connectivity index (χ2n) is 3.93. The largest absolute Gasteiger partial charge is 0.296 e. The lowest BCUT2D eigenvalue weighted by Crippen LogP contribution is -2.25. The molecule has 0 fully saturated rings. The first-order chi connectivity index (χ1) is 7.86. The quantitative estimate of drug-likeness (QED) is 0.601. The molecule has 0 heterocycles. The number of hydrogen-bond donors (Lipinski definition) is 0. The first-order valence-electron chi connectivity index (χ1n) is 5.85. The van der Waals surface area contributed by atoms with Crippen LogP contribution in [0.1, 0.15) is 12.0 Å². The van der Waals surface area contributed by atoms with Crippen LogP contribution in [0.2, 0.25) is 0 Å². The Hall–Kier alpha value is -1.34.